The first-order chi connectivity index (χ1) is 6.72. The molecule has 1 N–H and O–H groups in total. The predicted octanol–water partition coefficient (Wildman–Crippen LogP) is 1.25. The average Bonchev–Trinajstić information content (AvgIpc) is 2.20. The zero-order valence-corrected chi connectivity index (χ0v) is 8.97. The summed E-state index contributed by atoms with van der Waals surface area (Å²) in [5.41, 5.74) is 0. The first-order valence-corrected chi connectivity index (χ1v) is 5.17. The fourth-order valence-electron chi connectivity index (χ4n) is 0.893. The van der Waals surface area contributed by atoms with E-state index in [1.54, 1.807) is 0 Å². The number of hydrogen-bond acceptors (Lipinski definition) is 3. The normalized spacial score (nSPS) is 9.57. The molecule has 1 amide bonds. The van der Waals surface area contributed by atoms with E-state index in [1.807, 2.05) is 6.92 Å². The third-order valence-corrected chi connectivity index (χ3v) is 1.70. The number of carbonyl (C=O) groups is 2. The molecule has 0 aromatic carbocycles. The SMILES string of the molecule is CCCCCOC(=O)C(=O)NCCC. The first kappa shape index (κ1) is 12.9. The molecule has 0 aromatic rings. The minimum absolute atomic E-state index is 0.340. The lowest BCUT2D eigenvalue weighted by Crippen LogP contribution is -2.33. The smallest absolute Gasteiger partial charge is 0.396 e. The van der Waals surface area contributed by atoms with Crippen LogP contribution < -0.4 is 5.32 Å². The first-order valence-electron chi connectivity index (χ1n) is 5.17. The Balaban J connectivity index is 3.47. The van der Waals surface area contributed by atoms with Gasteiger partial charge in [0.05, 0.1) is 6.61 Å². The average molecular weight is 201 g/mol. The lowest BCUT2D eigenvalue weighted by Gasteiger charge is -2.04. The van der Waals surface area contributed by atoms with Crippen molar-refractivity contribution in [1.29, 1.82) is 0 Å². The molecule has 0 atom stereocenters. The van der Waals surface area contributed by atoms with Crippen molar-refractivity contribution in [1.82, 2.24) is 5.32 Å². The van der Waals surface area contributed by atoms with E-state index < -0.39 is 11.9 Å². The van der Waals surface area contributed by atoms with Crippen LogP contribution in [0.5, 0.6) is 0 Å². The van der Waals surface area contributed by atoms with Crippen LogP contribution in [0, 0.1) is 0 Å². The highest BCUT2D eigenvalue weighted by molar-refractivity contribution is 6.32. The molecule has 4 heteroatoms. The van der Waals surface area contributed by atoms with E-state index in [0.29, 0.717) is 13.2 Å². The summed E-state index contributed by atoms with van der Waals surface area (Å²) in [4.78, 5) is 22.0. The molecule has 0 saturated carbocycles. The third kappa shape index (κ3) is 6.46. The second-order valence-electron chi connectivity index (χ2n) is 3.10. The number of ether oxygens (including phenoxy) is 1. The van der Waals surface area contributed by atoms with E-state index in [9.17, 15) is 9.59 Å². The van der Waals surface area contributed by atoms with Crippen molar-refractivity contribution in [3.63, 3.8) is 0 Å². The van der Waals surface area contributed by atoms with E-state index in [4.69, 9.17) is 4.74 Å². The van der Waals surface area contributed by atoms with Crippen molar-refractivity contribution in [2.75, 3.05) is 13.2 Å². The predicted molar refractivity (Wildman–Crippen MR) is 53.8 cm³/mol. The standard InChI is InChI=1S/C10H19NO3/c1-3-5-6-8-14-10(13)9(12)11-7-4-2/h3-8H2,1-2H3,(H,11,12). The van der Waals surface area contributed by atoms with E-state index in [2.05, 4.69) is 12.2 Å². The molecule has 82 valence electrons. The van der Waals surface area contributed by atoms with E-state index >= 15 is 0 Å². The lowest BCUT2D eigenvalue weighted by molar-refractivity contribution is -0.155. The molecule has 0 rings (SSSR count). The van der Waals surface area contributed by atoms with E-state index in [0.717, 1.165) is 25.7 Å². The molecule has 0 aliphatic heterocycles. The van der Waals surface area contributed by atoms with Crippen LogP contribution in [0.1, 0.15) is 39.5 Å². The molecular formula is C10H19NO3. The molecule has 14 heavy (non-hydrogen) atoms. The maximum absolute atomic E-state index is 11.0. The minimum atomic E-state index is -0.769. The van der Waals surface area contributed by atoms with Gasteiger partial charge in [-0.15, -0.1) is 0 Å². The third-order valence-electron chi connectivity index (χ3n) is 1.70. The van der Waals surface area contributed by atoms with Crippen LogP contribution >= 0.6 is 0 Å². The van der Waals surface area contributed by atoms with Gasteiger partial charge < -0.3 is 10.1 Å². The molecule has 0 saturated heterocycles. The fourth-order valence-corrected chi connectivity index (χ4v) is 0.893. The van der Waals surface area contributed by atoms with Gasteiger partial charge in [0.1, 0.15) is 0 Å². The van der Waals surface area contributed by atoms with Crippen molar-refractivity contribution < 1.29 is 14.3 Å². The van der Waals surface area contributed by atoms with Gasteiger partial charge in [-0.1, -0.05) is 26.7 Å². The summed E-state index contributed by atoms with van der Waals surface area (Å²) < 4.78 is 4.75. The van der Waals surface area contributed by atoms with Crippen molar-refractivity contribution in [3.8, 4) is 0 Å². The Kier molecular flexibility index (Phi) is 7.89. The van der Waals surface area contributed by atoms with Gasteiger partial charge in [-0.25, -0.2) is 4.79 Å². The Morgan fingerprint density at radius 2 is 1.86 bits per heavy atom. The number of rotatable bonds is 6. The van der Waals surface area contributed by atoms with E-state index in [1.165, 1.54) is 0 Å². The molecule has 0 heterocycles. The molecular weight excluding hydrogens is 182 g/mol. The number of esters is 1. The highest BCUT2D eigenvalue weighted by atomic mass is 16.5. The summed E-state index contributed by atoms with van der Waals surface area (Å²) in [6, 6.07) is 0. The number of hydrogen-bond donors (Lipinski definition) is 1. The van der Waals surface area contributed by atoms with Crippen LogP contribution in [-0.2, 0) is 14.3 Å². The van der Waals surface area contributed by atoms with Gasteiger partial charge in [-0.2, -0.15) is 0 Å². The zero-order chi connectivity index (χ0) is 10.8. The molecule has 0 unspecified atom stereocenters. The molecule has 4 nitrogen and oxygen atoms in total. The molecule has 0 radical (unpaired) electrons. The maximum atomic E-state index is 11.0. The van der Waals surface area contributed by atoms with Crippen LogP contribution in [-0.4, -0.2) is 25.0 Å². The van der Waals surface area contributed by atoms with Gasteiger partial charge in [0.25, 0.3) is 0 Å². The van der Waals surface area contributed by atoms with Crippen LogP contribution in [0.3, 0.4) is 0 Å². The fraction of sp³-hybridized carbons (Fsp3) is 0.800. The summed E-state index contributed by atoms with van der Waals surface area (Å²) in [5.74, 6) is -1.40. The minimum Gasteiger partial charge on any atom is -0.459 e. The van der Waals surface area contributed by atoms with Crippen LogP contribution in [0.4, 0.5) is 0 Å². The van der Waals surface area contributed by atoms with E-state index in [-0.39, 0.29) is 0 Å². The Morgan fingerprint density at radius 1 is 1.14 bits per heavy atom. The van der Waals surface area contributed by atoms with Crippen LogP contribution in [0.2, 0.25) is 0 Å². The Hall–Kier alpha value is -1.06. The van der Waals surface area contributed by atoms with Gasteiger partial charge in [0.2, 0.25) is 0 Å². The van der Waals surface area contributed by atoms with Gasteiger partial charge >= 0.3 is 11.9 Å². The van der Waals surface area contributed by atoms with Crippen LogP contribution in [0.25, 0.3) is 0 Å². The molecule has 0 bridgehead atoms. The van der Waals surface area contributed by atoms with Gasteiger partial charge in [-0.3, -0.25) is 4.79 Å². The number of carbonyl (C=O) groups excluding carboxylic acids is 2. The molecule has 0 spiro atoms. The quantitative estimate of drug-likeness (QED) is 0.399. The second-order valence-corrected chi connectivity index (χ2v) is 3.10. The van der Waals surface area contributed by atoms with Crippen LogP contribution in [0.15, 0.2) is 0 Å². The summed E-state index contributed by atoms with van der Waals surface area (Å²) in [7, 11) is 0. The Bertz CT molecular complexity index is 180. The largest absolute Gasteiger partial charge is 0.459 e. The van der Waals surface area contributed by atoms with Gasteiger partial charge in [-0.05, 0) is 12.8 Å². The topological polar surface area (TPSA) is 55.4 Å². The summed E-state index contributed by atoms with van der Waals surface area (Å²) in [5, 5.41) is 2.46. The summed E-state index contributed by atoms with van der Waals surface area (Å²) in [6.07, 6.45) is 3.72. The summed E-state index contributed by atoms with van der Waals surface area (Å²) >= 11 is 0. The molecule has 0 aliphatic rings. The molecule has 0 aliphatic carbocycles. The second kappa shape index (κ2) is 8.53. The summed E-state index contributed by atoms with van der Waals surface area (Å²) in [6.45, 7) is 4.84. The monoisotopic (exact) mass is 201 g/mol. The van der Waals surface area contributed by atoms with Gasteiger partial charge in [0, 0.05) is 6.54 Å². The maximum Gasteiger partial charge on any atom is 0.396 e. The Labute approximate surface area is 85.0 Å². The zero-order valence-electron chi connectivity index (χ0n) is 8.97. The molecule has 0 fully saturated rings. The van der Waals surface area contributed by atoms with Crippen molar-refractivity contribution in [3.05, 3.63) is 0 Å². The lowest BCUT2D eigenvalue weighted by atomic mass is 10.3. The van der Waals surface area contributed by atoms with Crippen molar-refractivity contribution in [2.24, 2.45) is 0 Å². The number of unbranched alkanes of at least 4 members (excludes halogenated alkanes) is 2. The number of nitrogens with one attached hydrogen (secondary N) is 1. The number of amides is 1. The highest BCUT2D eigenvalue weighted by Crippen LogP contribution is 1.94. The van der Waals surface area contributed by atoms with Gasteiger partial charge in [0.15, 0.2) is 0 Å². The van der Waals surface area contributed by atoms with Crippen molar-refractivity contribution in [2.45, 2.75) is 39.5 Å². The molecule has 0 aromatic heterocycles. The highest BCUT2D eigenvalue weighted by Gasteiger charge is 2.13. The van der Waals surface area contributed by atoms with Crippen molar-refractivity contribution >= 4 is 11.9 Å². The Morgan fingerprint density at radius 3 is 2.43 bits per heavy atom.